The summed E-state index contributed by atoms with van der Waals surface area (Å²) in [4.78, 5) is 8.69. The number of nitrogens with one attached hydrogen (secondary N) is 2. The molecule has 6 nitrogen and oxygen atoms in total. The van der Waals surface area contributed by atoms with E-state index in [2.05, 4.69) is 27.5 Å². The first-order valence-corrected chi connectivity index (χ1v) is 6.54. The topological polar surface area (TPSA) is 68.3 Å². The number of rotatable bonds is 9. The first-order valence-electron chi connectivity index (χ1n) is 6.54. The van der Waals surface area contributed by atoms with Crippen molar-refractivity contribution in [1.29, 1.82) is 0 Å². The van der Waals surface area contributed by atoms with E-state index in [9.17, 15) is 0 Å². The lowest BCUT2D eigenvalue weighted by molar-refractivity contribution is 0.0365. The summed E-state index contributed by atoms with van der Waals surface area (Å²) >= 11 is 0. The van der Waals surface area contributed by atoms with Gasteiger partial charge < -0.3 is 20.1 Å². The van der Waals surface area contributed by atoms with E-state index in [4.69, 9.17) is 9.47 Å². The lowest BCUT2D eigenvalue weighted by Gasteiger charge is -2.16. The first kappa shape index (κ1) is 15.7. The second-order valence-electron chi connectivity index (χ2n) is 4.31. The second kappa shape index (κ2) is 8.66. The molecule has 0 aromatic carbocycles. The number of aromatic nitrogens is 2. The predicted molar refractivity (Wildman–Crippen MR) is 76.7 cm³/mol. The van der Waals surface area contributed by atoms with Crippen molar-refractivity contribution in [3.05, 3.63) is 11.9 Å². The molecule has 0 radical (unpaired) electrons. The quantitative estimate of drug-likeness (QED) is 0.710. The zero-order valence-electron chi connectivity index (χ0n) is 12.2. The summed E-state index contributed by atoms with van der Waals surface area (Å²) in [6.45, 7) is 6.10. The summed E-state index contributed by atoms with van der Waals surface area (Å²) < 4.78 is 10.4. The summed E-state index contributed by atoms with van der Waals surface area (Å²) in [5.74, 6) is 2.38. The molecule has 108 valence electrons. The van der Waals surface area contributed by atoms with Crippen molar-refractivity contribution >= 4 is 11.6 Å². The fourth-order valence-electron chi connectivity index (χ4n) is 1.62. The van der Waals surface area contributed by atoms with Crippen molar-refractivity contribution in [2.24, 2.45) is 0 Å². The number of methoxy groups -OCH3 is 2. The highest BCUT2D eigenvalue weighted by Gasteiger charge is 2.08. The van der Waals surface area contributed by atoms with Crippen LogP contribution >= 0.6 is 0 Å². The molecule has 19 heavy (non-hydrogen) atoms. The van der Waals surface area contributed by atoms with Gasteiger partial charge in [0.1, 0.15) is 17.5 Å². The molecule has 0 aliphatic rings. The Morgan fingerprint density at radius 3 is 2.47 bits per heavy atom. The highest BCUT2D eigenvalue weighted by molar-refractivity contribution is 5.47. The van der Waals surface area contributed by atoms with Crippen LogP contribution in [0.2, 0.25) is 0 Å². The molecular weight excluding hydrogens is 244 g/mol. The molecule has 1 unspecified atom stereocenters. The Kier molecular flexibility index (Phi) is 7.14. The minimum atomic E-state index is 0.00678. The van der Waals surface area contributed by atoms with Crippen LogP contribution in [-0.2, 0) is 9.47 Å². The number of aryl methyl sites for hydroxylation is 1. The molecule has 1 aromatic rings. The molecule has 0 amide bonds. The van der Waals surface area contributed by atoms with Gasteiger partial charge in [-0.05, 0) is 13.3 Å². The van der Waals surface area contributed by atoms with Gasteiger partial charge in [0.2, 0.25) is 0 Å². The highest BCUT2D eigenvalue weighted by Crippen LogP contribution is 2.11. The monoisotopic (exact) mass is 268 g/mol. The molecule has 1 rings (SSSR count). The van der Waals surface area contributed by atoms with Crippen LogP contribution in [0.1, 0.15) is 19.2 Å². The largest absolute Gasteiger partial charge is 0.382 e. The third-order valence-corrected chi connectivity index (χ3v) is 2.59. The zero-order chi connectivity index (χ0) is 14.1. The van der Waals surface area contributed by atoms with Crippen LogP contribution in [0.4, 0.5) is 11.6 Å². The van der Waals surface area contributed by atoms with E-state index < -0.39 is 0 Å². The minimum absolute atomic E-state index is 0.00678. The SMILES string of the molecule is CCCNc1cc(NCC(COC)OC)nc(C)n1. The van der Waals surface area contributed by atoms with Crippen LogP contribution in [-0.4, -0.2) is 50.0 Å². The summed E-state index contributed by atoms with van der Waals surface area (Å²) in [5.41, 5.74) is 0. The molecule has 0 aliphatic heterocycles. The van der Waals surface area contributed by atoms with E-state index in [0.29, 0.717) is 13.2 Å². The molecule has 1 atom stereocenters. The normalized spacial score (nSPS) is 12.2. The first-order chi connectivity index (χ1) is 9.19. The Hall–Kier alpha value is -1.40. The third-order valence-electron chi connectivity index (χ3n) is 2.59. The predicted octanol–water partition coefficient (Wildman–Crippen LogP) is 1.68. The molecule has 6 heteroatoms. The van der Waals surface area contributed by atoms with E-state index in [1.54, 1.807) is 14.2 Å². The Labute approximate surface area is 114 Å². The van der Waals surface area contributed by atoms with Crippen LogP contribution in [0, 0.1) is 6.92 Å². The Morgan fingerprint density at radius 1 is 1.21 bits per heavy atom. The molecule has 0 saturated carbocycles. The second-order valence-corrected chi connectivity index (χ2v) is 4.31. The molecule has 0 bridgehead atoms. The lowest BCUT2D eigenvalue weighted by Crippen LogP contribution is -2.27. The number of hydrogen-bond acceptors (Lipinski definition) is 6. The smallest absolute Gasteiger partial charge is 0.131 e. The Morgan fingerprint density at radius 2 is 1.89 bits per heavy atom. The van der Waals surface area contributed by atoms with Crippen LogP contribution in [0.15, 0.2) is 6.07 Å². The Balaban J connectivity index is 2.59. The number of ether oxygens (including phenoxy) is 2. The maximum Gasteiger partial charge on any atom is 0.131 e. The van der Waals surface area contributed by atoms with Crippen LogP contribution in [0.25, 0.3) is 0 Å². The van der Waals surface area contributed by atoms with E-state index in [1.807, 2.05) is 13.0 Å². The maximum atomic E-state index is 5.29. The maximum absolute atomic E-state index is 5.29. The standard InChI is InChI=1S/C13H24N4O2/c1-5-6-14-12-7-13(17-10(2)16-12)15-8-11(19-4)9-18-3/h7,11H,5-6,8-9H2,1-4H3,(H2,14,15,16,17). The third kappa shape index (κ3) is 5.85. The molecule has 0 saturated heterocycles. The van der Waals surface area contributed by atoms with E-state index in [0.717, 1.165) is 30.4 Å². The summed E-state index contributed by atoms with van der Waals surface area (Å²) in [5, 5.41) is 6.50. The molecule has 0 aliphatic carbocycles. The van der Waals surface area contributed by atoms with Crippen molar-refractivity contribution in [3.63, 3.8) is 0 Å². The van der Waals surface area contributed by atoms with E-state index in [-0.39, 0.29) is 6.10 Å². The molecule has 1 aromatic heterocycles. The fraction of sp³-hybridized carbons (Fsp3) is 0.692. The molecule has 1 heterocycles. The fourth-order valence-corrected chi connectivity index (χ4v) is 1.62. The molecule has 0 spiro atoms. The van der Waals surface area contributed by atoms with Gasteiger partial charge in [0.25, 0.3) is 0 Å². The lowest BCUT2D eigenvalue weighted by atomic mass is 10.3. The highest BCUT2D eigenvalue weighted by atomic mass is 16.5. The summed E-state index contributed by atoms with van der Waals surface area (Å²) in [7, 11) is 3.33. The average molecular weight is 268 g/mol. The van der Waals surface area contributed by atoms with Crippen molar-refractivity contribution in [2.75, 3.05) is 44.5 Å². The van der Waals surface area contributed by atoms with Gasteiger partial charge in [-0.25, -0.2) is 9.97 Å². The van der Waals surface area contributed by atoms with E-state index >= 15 is 0 Å². The van der Waals surface area contributed by atoms with Gasteiger partial charge in [0, 0.05) is 33.4 Å². The van der Waals surface area contributed by atoms with Crippen molar-refractivity contribution in [1.82, 2.24) is 9.97 Å². The van der Waals surface area contributed by atoms with Gasteiger partial charge in [-0.15, -0.1) is 0 Å². The summed E-state index contributed by atoms with van der Waals surface area (Å²) in [6.07, 6.45) is 1.07. The van der Waals surface area contributed by atoms with Gasteiger partial charge in [-0.1, -0.05) is 6.92 Å². The Bertz CT molecular complexity index is 374. The number of nitrogens with zero attached hydrogens (tertiary/aromatic N) is 2. The molecular formula is C13H24N4O2. The van der Waals surface area contributed by atoms with Gasteiger partial charge in [-0.2, -0.15) is 0 Å². The van der Waals surface area contributed by atoms with Gasteiger partial charge in [-0.3, -0.25) is 0 Å². The zero-order valence-corrected chi connectivity index (χ0v) is 12.2. The molecule has 0 fully saturated rings. The van der Waals surface area contributed by atoms with Gasteiger partial charge >= 0.3 is 0 Å². The van der Waals surface area contributed by atoms with Crippen LogP contribution in [0.5, 0.6) is 0 Å². The van der Waals surface area contributed by atoms with E-state index in [1.165, 1.54) is 0 Å². The van der Waals surface area contributed by atoms with Gasteiger partial charge in [0.15, 0.2) is 0 Å². The van der Waals surface area contributed by atoms with Crippen molar-refractivity contribution < 1.29 is 9.47 Å². The summed E-state index contributed by atoms with van der Waals surface area (Å²) in [6, 6.07) is 1.90. The van der Waals surface area contributed by atoms with Crippen LogP contribution in [0.3, 0.4) is 0 Å². The minimum Gasteiger partial charge on any atom is -0.382 e. The molecule has 2 N–H and O–H groups in total. The van der Waals surface area contributed by atoms with Crippen molar-refractivity contribution in [2.45, 2.75) is 26.4 Å². The average Bonchev–Trinajstić information content (AvgIpc) is 2.40. The number of anilines is 2. The number of hydrogen-bond donors (Lipinski definition) is 2. The van der Waals surface area contributed by atoms with Crippen molar-refractivity contribution in [3.8, 4) is 0 Å². The van der Waals surface area contributed by atoms with Gasteiger partial charge in [0.05, 0.1) is 12.7 Å². The van der Waals surface area contributed by atoms with Crippen LogP contribution < -0.4 is 10.6 Å².